The fourth-order valence-electron chi connectivity index (χ4n) is 2.82. The molecule has 1 amide bonds. The van der Waals surface area contributed by atoms with Crippen LogP contribution in [0.15, 0.2) is 18.2 Å². The standard InChI is InChI=1S/C17H26F2N2O3S/c1-10(2)16(11(3)4)20-17(22)12(5)21(25(6,23)24)13-7-8-14(18)15(19)9-13/h7-12,16H,1-6H3,(H,20,22)/t12-/m0/s1. The van der Waals surface area contributed by atoms with Gasteiger partial charge in [-0.2, -0.15) is 0 Å². The lowest BCUT2D eigenvalue weighted by atomic mass is 9.93. The van der Waals surface area contributed by atoms with Crippen molar-refractivity contribution >= 4 is 21.6 Å². The molecule has 1 aromatic rings. The van der Waals surface area contributed by atoms with Gasteiger partial charge in [-0.05, 0) is 30.9 Å². The number of nitrogens with zero attached hydrogens (tertiary/aromatic N) is 1. The fourth-order valence-corrected chi connectivity index (χ4v) is 3.99. The van der Waals surface area contributed by atoms with E-state index in [-0.39, 0.29) is 23.6 Å². The molecule has 0 spiro atoms. The van der Waals surface area contributed by atoms with Crippen LogP contribution in [0.4, 0.5) is 14.5 Å². The van der Waals surface area contributed by atoms with Gasteiger partial charge in [0.2, 0.25) is 15.9 Å². The van der Waals surface area contributed by atoms with Crippen molar-refractivity contribution in [3.8, 4) is 0 Å². The Kier molecular flexibility index (Phi) is 6.93. The molecule has 8 heteroatoms. The highest BCUT2D eigenvalue weighted by atomic mass is 32.2. The molecule has 25 heavy (non-hydrogen) atoms. The SMILES string of the molecule is CC(C)C(NC(=O)[C@H](C)N(c1ccc(F)c(F)c1)S(C)(=O)=O)C(C)C. The number of halogens is 2. The number of hydrogen-bond donors (Lipinski definition) is 1. The van der Waals surface area contributed by atoms with Crippen LogP contribution in [0, 0.1) is 23.5 Å². The zero-order valence-corrected chi connectivity index (χ0v) is 16.2. The minimum atomic E-state index is -3.88. The van der Waals surface area contributed by atoms with Crippen LogP contribution in [-0.4, -0.2) is 32.7 Å². The number of nitrogens with one attached hydrogen (secondary N) is 1. The van der Waals surface area contributed by atoms with Crippen molar-refractivity contribution in [2.24, 2.45) is 11.8 Å². The van der Waals surface area contributed by atoms with Crippen LogP contribution in [0.1, 0.15) is 34.6 Å². The summed E-state index contributed by atoms with van der Waals surface area (Å²) in [4.78, 5) is 12.6. The van der Waals surface area contributed by atoms with E-state index in [2.05, 4.69) is 5.32 Å². The molecule has 5 nitrogen and oxygen atoms in total. The molecule has 0 heterocycles. The maximum atomic E-state index is 13.5. The number of rotatable bonds is 7. The van der Waals surface area contributed by atoms with Gasteiger partial charge in [0.25, 0.3) is 0 Å². The zero-order valence-electron chi connectivity index (χ0n) is 15.4. The zero-order chi connectivity index (χ0) is 19.5. The molecule has 0 aliphatic carbocycles. The molecule has 0 saturated carbocycles. The summed E-state index contributed by atoms with van der Waals surface area (Å²) < 4.78 is 51.8. The van der Waals surface area contributed by atoms with Crippen molar-refractivity contribution in [3.63, 3.8) is 0 Å². The van der Waals surface area contributed by atoms with Crippen LogP contribution in [-0.2, 0) is 14.8 Å². The van der Waals surface area contributed by atoms with Crippen LogP contribution in [0.3, 0.4) is 0 Å². The number of hydrogen-bond acceptors (Lipinski definition) is 3. The molecule has 1 atom stereocenters. The van der Waals surface area contributed by atoms with Crippen molar-refractivity contribution in [3.05, 3.63) is 29.8 Å². The van der Waals surface area contributed by atoms with Crippen molar-refractivity contribution in [1.29, 1.82) is 0 Å². The average molecular weight is 376 g/mol. The van der Waals surface area contributed by atoms with E-state index < -0.39 is 33.6 Å². The van der Waals surface area contributed by atoms with E-state index in [4.69, 9.17) is 0 Å². The van der Waals surface area contributed by atoms with Crippen LogP contribution < -0.4 is 9.62 Å². The summed E-state index contributed by atoms with van der Waals surface area (Å²) in [5.41, 5.74) is -0.102. The van der Waals surface area contributed by atoms with Gasteiger partial charge in [-0.25, -0.2) is 17.2 Å². The smallest absolute Gasteiger partial charge is 0.243 e. The third-order valence-corrected chi connectivity index (χ3v) is 5.23. The topological polar surface area (TPSA) is 66.5 Å². The van der Waals surface area contributed by atoms with Gasteiger partial charge < -0.3 is 5.32 Å². The first kappa shape index (κ1) is 21.3. The fraction of sp³-hybridized carbons (Fsp3) is 0.588. The van der Waals surface area contributed by atoms with Gasteiger partial charge in [-0.3, -0.25) is 9.10 Å². The maximum absolute atomic E-state index is 13.5. The van der Waals surface area contributed by atoms with E-state index in [0.29, 0.717) is 0 Å². The minimum Gasteiger partial charge on any atom is -0.351 e. The summed E-state index contributed by atoms with van der Waals surface area (Å²) in [6, 6.07) is 1.48. The van der Waals surface area contributed by atoms with Crippen LogP contribution in [0.25, 0.3) is 0 Å². The van der Waals surface area contributed by atoms with E-state index in [1.165, 1.54) is 6.92 Å². The number of benzene rings is 1. The summed E-state index contributed by atoms with van der Waals surface area (Å²) in [5, 5.41) is 2.85. The maximum Gasteiger partial charge on any atom is 0.243 e. The first-order valence-corrected chi connectivity index (χ1v) is 9.96. The number of sulfonamides is 1. The highest BCUT2D eigenvalue weighted by molar-refractivity contribution is 7.92. The first-order valence-electron chi connectivity index (χ1n) is 8.11. The summed E-state index contributed by atoms with van der Waals surface area (Å²) >= 11 is 0. The van der Waals surface area contributed by atoms with Crippen molar-refractivity contribution < 1.29 is 22.0 Å². The summed E-state index contributed by atoms with van der Waals surface area (Å²) in [6.45, 7) is 9.24. The second-order valence-corrected chi connectivity index (χ2v) is 8.72. The van der Waals surface area contributed by atoms with Gasteiger partial charge >= 0.3 is 0 Å². The van der Waals surface area contributed by atoms with Gasteiger partial charge in [0.15, 0.2) is 11.6 Å². The molecule has 0 radical (unpaired) electrons. The molecule has 0 fully saturated rings. The van der Waals surface area contributed by atoms with Crippen LogP contribution in [0.5, 0.6) is 0 Å². The highest BCUT2D eigenvalue weighted by Gasteiger charge is 2.31. The van der Waals surface area contributed by atoms with Gasteiger partial charge in [0.1, 0.15) is 6.04 Å². The molecule has 142 valence electrons. The van der Waals surface area contributed by atoms with Gasteiger partial charge in [0.05, 0.1) is 11.9 Å². The predicted molar refractivity (Wildman–Crippen MR) is 94.7 cm³/mol. The molecule has 1 N–H and O–H groups in total. The number of amides is 1. The molecular formula is C17H26F2N2O3S. The largest absolute Gasteiger partial charge is 0.351 e. The van der Waals surface area contributed by atoms with E-state index in [0.717, 1.165) is 28.8 Å². The quantitative estimate of drug-likeness (QED) is 0.796. The lowest BCUT2D eigenvalue weighted by molar-refractivity contribution is -0.123. The molecule has 1 aromatic carbocycles. The molecule has 0 saturated heterocycles. The number of carbonyl (C=O) groups excluding carboxylic acids is 1. The van der Waals surface area contributed by atoms with Crippen LogP contribution in [0.2, 0.25) is 0 Å². The average Bonchev–Trinajstić information content (AvgIpc) is 2.46. The summed E-state index contributed by atoms with van der Waals surface area (Å²) in [7, 11) is -3.88. The van der Waals surface area contributed by atoms with E-state index in [1.54, 1.807) is 0 Å². The normalized spacial score (nSPS) is 13.4. The van der Waals surface area contributed by atoms with E-state index in [1.807, 2.05) is 27.7 Å². The van der Waals surface area contributed by atoms with Gasteiger partial charge in [-0.1, -0.05) is 27.7 Å². The number of anilines is 1. The molecule has 1 rings (SSSR count). The third-order valence-electron chi connectivity index (χ3n) is 3.99. The molecule has 0 unspecified atom stereocenters. The lowest BCUT2D eigenvalue weighted by Crippen LogP contribution is -2.52. The Morgan fingerprint density at radius 2 is 1.56 bits per heavy atom. The molecule has 0 aliphatic rings. The highest BCUT2D eigenvalue weighted by Crippen LogP contribution is 2.23. The predicted octanol–water partition coefficient (Wildman–Crippen LogP) is 2.92. The second kappa shape index (κ2) is 8.12. The molecule has 0 bridgehead atoms. The van der Waals surface area contributed by atoms with Crippen molar-refractivity contribution in [1.82, 2.24) is 5.32 Å². The Labute approximate surface area is 148 Å². The Morgan fingerprint density at radius 1 is 1.04 bits per heavy atom. The van der Waals surface area contributed by atoms with Gasteiger partial charge in [-0.15, -0.1) is 0 Å². The monoisotopic (exact) mass is 376 g/mol. The third kappa shape index (κ3) is 5.39. The Bertz CT molecular complexity index is 713. The Hall–Kier alpha value is -1.70. The van der Waals surface area contributed by atoms with E-state index >= 15 is 0 Å². The van der Waals surface area contributed by atoms with Crippen LogP contribution >= 0.6 is 0 Å². The first-order chi connectivity index (χ1) is 11.4. The molecule has 0 aromatic heterocycles. The molecule has 0 aliphatic heterocycles. The Balaban J connectivity index is 3.19. The summed E-state index contributed by atoms with van der Waals surface area (Å²) in [6.07, 6.45) is 0.917. The minimum absolute atomic E-state index is 0.102. The second-order valence-electron chi connectivity index (χ2n) is 6.86. The lowest BCUT2D eigenvalue weighted by Gasteiger charge is -2.32. The Morgan fingerprint density at radius 3 is 1.96 bits per heavy atom. The summed E-state index contributed by atoms with van der Waals surface area (Å²) in [5.74, 6) is -2.45. The number of carbonyl (C=O) groups is 1. The van der Waals surface area contributed by atoms with Crippen molar-refractivity contribution in [2.45, 2.75) is 46.7 Å². The molecular weight excluding hydrogens is 350 g/mol. The van der Waals surface area contributed by atoms with Gasteiger partial charge in [0, 0.05) is 12.1 Å². The van der Waals surface area contributed by atoms with Crippen molar-refractivity contribution in [2.75, 3.05) is 10.6 Å². The van der Waals surface area contributed by atoms with E-state index in [9.17, 15) is 22.0 Å².